The summed E-state index contributed by atoms with van der Waals surface area (Å²) in [6, 6.07) is 5.83. The van der Waals surface area contributed by atoms with Crippen LogP contribution in [0.5, 0.6) is 0 Å². The van der Waals surface area contributed by atoms with Gasteiger partial charge in [-0.05, 0) is 44.9 Å². The summed E-state index contributed by atoms with van der Waals surface area (Å²) in [7, 11) is 0. The second-order valence-corrected chi connectivity index (χ2v) is 6.87. The SMILES string of the molecule is Cc1ccc(Br)c(CNC(=O)C(=CO)C(=O)C2(C)CCCN2)c1. The Morgan fingerprint density at radius 1 is 1.48 bits per heavy atom. The number of carbonyl (C=O) groups is 2. The highest BCUT2D eigenvalue weighted by atomic mass is 79.9. The maximum Gasteiger partial charge on any atom is 0.258 e. The standard InChI is InChI=1S/C17H21BrN2O3/c1-11-4-5-14(18)12(8-11)9-19-16(23)13(10-21)15(22)17(2)6-3-7-20-17/h4-5,8,10,20-21H,3,6-7,9H2,1-2H3,(H,19,23). The molecule has 1 atom stereocenters. The van der Waals surface area contributed by atoms with Crippen LogP contribution in [0.1, 0.15) is 30.9 Å². The van der Waals surface area contributed by atoms with E-state index < -0.39 is 11.4 Å². The number of hydrogen-bond acceptors (Lipinski definition) is 4. The van der Waals surface area contributed by atoms with Gasteiger partial charge >= 0.3 is 0 Å². The highest BCUT2D eigenvalue weighted by molar-refractivity contribution is 9.10. The predicted molar refractivity (Wildman–Crippen MR) is 92.1 cm³/mol. The molecule has 1 aliphatic rings. The molecule has 2 rings (SSSR count). The van der Waals surface area contributed by atoms with Gasteiger partial charge in [-0.3, -0.25) is 9.59 Å². The minimum absolute atomic E-state index is 0.217. The van der Waals surface area contributed by atoms with E-state index in [0.29, 0.717) is 12.7 Å². The van der Waals surface area contributed by atoms with Gasteiger partial charge in [0.25, 0.3) is 5.91 Å². The molecular formula is C17H21BrN2O3. The largest absolute Gasteiger partial charge is 0.515 e. The number of hydrogen-bond donors (Lipinski definition) is 3. The van der Waals surface area contributed by atoms with Crippen LogP contribution in [0.4, 0.5) is 0 Å². The number of nitrogens with one attached hydrogen (secondary N) is 2. The van der Waals surface area contributed by atoms with Crippen LogP contribution in [0.25, 0.3) is 0 Å². The number of rotatable bonds is 5. The lowest BCUT2D eigenvalue weighted by Gasteiger charge is -2.23. The van der Waals surface area contributed by atoms with E-state index >= 15 is 0 Å². The zero-order valence-electron chi connectivity index (χ0n) is 13.3. The second kappa shape index (κ2) is 7.27. The lowest BCUT2D eigenvalue weighted by molar-refractivity contribution is -0.125. The van der Waals surface area contributed by atoms with Crippen LogP contribution in [0, 0.1) is 6.92 Å². The first-order chi connectivity index (χ1) is 10.9. The fourth-order valence-corrected chi connectivity index (χ4v) is 3.10. The molecular weight excluding hydrogens is 360 g/mol. The fraction of sp³-hybridized carbons (Fsp3) is 0.412. The van der Waals surface area contributed by atoms with Crippen molar-refractivity contribution in [3.63, 3.8) is 0 Å². The molecule has 6 heteroatoms. The molecule has 3 N–H and O–H groups in total. The second-order valence-electron chi connectivity index (χ2n) is 6.01. The van der Waals surface area contributed by atoms with Crippen molar-refractivity contribution in [2.24, 2.45) is 0 Å². The van der Waals surface area contributed by atoms with Crippen LogP contribution in [-0.2, 0) is 16.1 Å². The first kappa shape index (κ1) is 17.7. The summed E-state index contributed by atoms with van der Waals surface area (Å²) in [6.07, 6.45) is 2.13. The fourth-order valence-electron chi connectivity index (χ4n) is 2.72. The van der Waals surface area contributed by atoms with Gasteiger partial charge in [0.15, 0.2) is 5.78 Å². The van der Waals surface area contributed by atoms with Crippen molar-refractivity contribution in [1.29, 1.82) is 0 Å². The van der Waals surface area contributed by atoms with Crippen LogP contribution < -0.4 is 10.6 Å². The molecule has 1 heterocycles. The molecule has 1 aromatic rings. The zero-order valence-corrected chi connectivity index (χ0v) is 14.9. The summed E-state index contributed by atoms with van der Waals surface area (Å²) < 4.78 is 0.883. The summed E-state index contributed by atoms with van der Waals surface area (Å²) >= 11 is 3.43. The summed E-state index contributed by atoms with van der Waals surface area (Å²) in [5.41, 5.74) is 0.989. The van der Waals surface area contributed by atoms with Crippen molar-refractivity contribution in [2.75, 3.05) is 6.54 Å². The molecule has 124 valence electrons. The number of amides is 1. The number of Topliss-reactive ketones (excluding diaryl/α,β-unsaturated/α-hetero) is 1. The van der Waals surface area contributed by atoms with Crippen LogP contribution in [0.15, 0.2) is 34.5 Å². The number of aliphatic hydroxyl groups is 1. The molecule has 1 aromatic carbocycles. The molecule has 0 saturated carbocycles. The molecule has 1 unspecified atom stereocenters. The van der Waals surface area contributed by atoms with E-state index in [9.17, 15) is 14.7 Å². The molecule has 0 aliphatic carbocycles. The number of benzene rings is 1. The average molecular weight is 381 g/mol. The Kier molecular flexibility index (Phi) is 5.59. The van der Waals surface area contributed by atoms with E-state index in [0.717, 1.165) is 28.6 Å². The summed E-state index contributed by atoms with van der Waals surface area (Å²) in [5, 5.41) is 15.2. The number of ketones is 1. The van der Waals surface area contributed by atoms with Crippen molar-refractivity contribution in [2.45, 2.75) is 38.8 Å². The molecule has 0 aromatic heterocycles. The van der Waals surface area contributed by atoms with E-state index in [2.05, 4.69) is 26.6 Å². The van der Waals surface area contributed by atoms with Gasteiger partial charge in [0.2, 0.25) is 0 Å². The Morgan fingerprint density at radius 3 is 2.83 bits per heavy atom. The van der Waals surface area contributed by atoms with E-state index in [1.165, 1.54) is 0 Å². The lowest BCUT2D eigenvalue weighted by Crippen LogP contribution is -2.47. The molecule has 0 radical (unpaired) electrons. The van der Waals surface area contributed by atoms with Crippen molar-refractivity contribution in [3.8, 4) is 0 Å². The Labute approximate surface area is 144 Å². The Bertz CT molecular complexity index is 649. The Hall–Kier alpha value is -1.66. The van der Waals surface area contributed by atoms with Gasteiger partial charge in [-0.25, -0.2) is 0 Å². The molecule has 1 aliphatic heterocycles. The van der Waals surface area contributed by atoms with Crippen LogP contribution in [-0.4, -0.2) is 28.9 Å². The first-order valence-corrected chi connectivity index (χ1v) is 8.34. The number of aryl methyl sites for hydroxylation is 1. The average Bonchev–Trinajstić information content (AvgIpc) is 2.97. The number of halogens is 1. The number of carbonyl (C=O) groups excluding carboxylic acids is 2. The zero-order chi connectivity index (χ0) is 17.0. The smallest absolute Gasteiger partial charge is 0.258 e. The van der Waals surface area contributed by atoms with Crippen molar-refractivity contribution in [1.82, 2.24) is 10.6 Å². The summed E-state index contributed by atoms with van der Waals surface area (Å²) in [5.74, 6) is -0.945. The molecule has 23 heavy (non-hydrogen) atoms. The molecule has 1 amide bonds. The van der Waals surface area contributed by atoms with Gasteiger partial charge in [0.05, 0.1) is 11.8 Å². The first-order valence-electron chi connectivity index (χ1n) is 7.55. The highest BCUT2D eigenvalue weighted by Gasteiger charge is 2.39. The van der Waals surface area contributed by atoms with Crippen LogP contribution in [0.3, 0.4) is 0 Å². The van der Waals surface area contributed by atoms with E-state index in [1.54, 1.807) is 6.92 Å². The van der Waals surface area contributed by atoms with E-state index in [-0.39, 0.29) is 17.9 Å². The maximum absolute atomic E-state index is 12.5. The molecule has 1 fully saturated rings. The third-order valence-corrected chi connectivity index (χ3v) is 4.90. The Balaban J connectivity index is 2.06. The van der Waals surface area contributed by atoms with Gasteiger partial charge in [0, 0.05) is 11.0 Å². The van der Waals surface area contributed by atoms with Crippen molar-refractivity contribution in [3.05, 3.63) is 45.6 Å². The topological polar surface area (TPSA) is 78.4 Å². The molecule has 5 nitrogen and oxygen atoms in total. The Morgan fingerprint density at radius 2 is 2.22 bits per heavy atom. The number of aliphatic hydroxyl groups excluding tert-OH is 1. The van der Waals surface area contributed by atoms with Crippen molar-refractivity contribution >= 4 is 27.6 Å². The third-order valence-electron chi connectivity index (χ3n) is 4.13. The minimum Gasteiger partial charge on any atom is -0.515 e. The quantitative estimate of drug-likeness (QED) is 0.317. The lowest BCUT2D eigenvalue weighted by atomic mass is 9.89. The van der Waals surface area contributed by atoms with Gasteiger partial charge in [-0.1, -0.05) is 33.6 Å². The predicted octanol–water partition coefficient (Wildman–Crippen LogP) is 2.53. The van der Waals surface area contributed by atoms with Gasteiger partial charge in [0.1, 0.15) is 5.57 Å². The van der Waals surface area contributed by atoms with E-state index in [4.69, 9.17) is 0 Å². The minimum atomic E-state index is -0.782. The van der Waals surface area contributed by atoms with Gasteiger partial charge in [-0.2, -0.15) is 0 Å². The summed E-state index contributed by atoms with van der Waals surface area (Å²) in [4.78, 5) is 24.8. The summed E-state index contributed by atoms with van der Waals surface area (Å²) in [6.45, 7) is 4.73. The normalized spacial score (nSPS) is 21.3. The highest BCUT2D eigenvalue weighted by Crippen LogP contribution is 2.23. The monoisotopic (exact) mass is 380 g/mol. The van der Waals surface area contributed by atoms with Crippen LogP contribution >= 0.6 is 15.9 Å². The maximum atomic E-state index is 12.5. The van der Waals surface area contributed by atoms with E-state index in [1.807, 2.05) is 25.1 Å². The van der Waals surface area contributed by atoms with Gasteiger partial charge < -0.3 is 15.7 Å². The molecule has 0 spiro atoms. The van der Waals surface area contributed by atoms with Crippen molar-refractivity contribution < 1.29 is 14.7 Å². The third kappa shape index (κ3) is 4.00. The molecule has 0 bridgehead atoms. The molecule has 1 saturated heterocycles. The van der Waals surface area contributed by atoms with Gasteiger partial charge in [-0.15, -0.1) is 0 Å². The van der Waals surface area contributed by atoms with Crippen LogP contribution in [0.2, 0.25) is 0 Å².